The molecule has 26 heavy (non-hydrogen) atoms. The fourth-order valence-electron chi connectivity index (χ4n) is 2.63. The molecule has 0 saturated heterocycles. The van der Waals surface area contributed by atoms with E-state index in [2.05, 4.69) is 9.97 Å². The van der Waals surface area contributed by atoms with E-state index in [9.17, 15) is 4.79 Å². The van der Waals surface area contributed by atoms with Crippen molar-refractivity contribution in [2.45, 2.75) is 0 Å². The van der Waals surface area contributed by atoms with E-state index in [0.29, 0.717) is 28.5 Å². The average Bonchev–Trinajstić information content (AvgIpc) is 2.71. The zero-order valence-corrected chi connectivity index (χ0v) is 13.8. The van der Waals surface area contributed by atoms with E-state index in [1.54, 1.807) is 17.1 Å². The zero-order valence-electron chi connectivity index (χ0n) is 13.8. The summed E-state index contributed by atoms with van der Waals surface area (Å²) >= 11 is 0. The van der Waals surface area contributed by atoms with Gasteiger partial charge in [0.1, 0.15) is 11.4 Å². The monoisotopic (exact) mass is 341 g/mol. The molecule has 0 spiro atoms. The number of rotatable bonds is 4. The third-order valence-electron chi connectivity index (χ3n) is 3.79. The molecule has 0 saturated carbocycles. The summed E-state index contributed by atoms with van der Waals surface area (Å²) in [7, 11) is 0. The topological polar surface area (TPSA) is 57.0 Å². The average molecular weight is 341 g/mol. The fourth-order valence-corrected chi connectivity index (χ4v) is 2.63. The van der Waals surface area contributed by atoms with E-state index in [1.807, 2.05) is 66.7 Å². The fraction of sp³-hybridized carbons (Fsp3) is 0. The van der Waals surface area contributed by atoms with E-state index in [-0.39, 0.29) is 5.43 Å². The molecule has 0 N–H and O–H groups in total. The number of aromatic nitrogens is 3. The summed E-state index contributed by atoms with van der Waals surface area (Å²) in [6.45, 7) is 0. The van der Waals surface area contributed by atoms with Gasteiger partial charge in [0.15, 0.2) is 11.2 Å². The van der Waals surface area contributed by atoms with Crippen LogP contribution in [0.15, 0.2) is 96.1 Å². The normalized spacial score (nSPS) is 10.5. The van der Waals surface area contributed by atoms with Crippen LogP contribution in [0.3, 0.4) is 0 Å². The van der Waals surface area contributed by atoms with Gasteiger partial charge < -0.3 is 4.84 Å². The molecule has 5 nitrogen and oxygen atoms in total. The predicted molar refractivity (Wildman–Crippen MR) is 99.6 cm³/mol. The minimum absolute atomic E-state index is 0.140. The highest BCUT2D eigenvalue weighted by atomic mass is 16.7. The molecular formula is C21H15N3O2. The SMILES string of the molecule is O=c1cc(-c2ccccn2)n(Oc2ccccc2)c(-c2ccccn2)c1. The van der Waals surface area contributed by atoms with Gasteiger partial charge in [-0.25, -0.2) is 0 Å². The Morgan fingerprint density at radius 2 is 1.23 bits per heavy atom. The van der Waals surface area contributed by atoms with Crippen LogP contribution in [0.4, 0.5) is 0 Å². The van der Waals surface area contributed by atoms with Gasteiger partial charge in [-0.3, -0.25) is 14.8 Å². The van der Waals surface area contributed by atoms with Gasteiger partial charge in [0.25, 0.3) is 0 Å². The maximum Gasteiger partial charge on any atom is 0.183 e. The van der Waals surface area contributed by atoms with Crippen LogP contribution in [-0.2, 0) is 0 Å². The molecule has 4 rings (SSSR count). The molecule has 0 aliphatic heterocycles. The first-order valence-electron chi connectivity index (χ1n) is 8.14. The minimum Gasteiger partial charge on any atom is -0.375 e. The van der Waals surface area contributed by atoms with Crippen LogP contribution in [0.2, 0.25) is 0 Å². The van der Waals surface area contributed by atoms with Crippen molar-refractivity contribution in [3.63, 3.8) is 0 Å². The Hall–Kier alpha value is -3.73. The van der Waals surface area contributed by atoms with Crippen molar-refractivity contribution in [1.29, 1.82) is 0 Å². The number of nitrogens with zero attached hydrogens (tertiary/aromatic N) is 3. The molecule has 0 radical (unpaired) electrons. The second-order valence-corrected chi connectivity index (χ2v) is 5.59. The molecular weight excluding hydrogens is 326 g/mol. The summed E-state index contributed by atoms with van der Waals surface area (Å²) in [5, 5.41) is 0. The van der Waals surface area contributed by atoms with Crippen LogP contribution in [0.5, 0.6) is 5.75 Å². The third-order valence-corrected chi connectivity index (χ3v) is 3.79. The number of hydrogen-bond donors (Lipinski definition) is 0. The molecule has 4 aromatic rings. The van der Waals surface area contributed by atoms with Crippen LogP contribution < -0.4 is 10.3 Å². The van der Waals surface area contributed by atoms with Gasteiger partial charge in [-0.15, -0.1) is 0 Å². The lowest BCUT2D eigenvalue weighted by atomic mass is 10.2. The Morgan fingerprint density at radius 3 is 1.73 bits per heavy atom. The van der Waals surface area contributed by atoms with Crippen molar-refractivity contribution in [2.75, 3.05) is 0 Å². The first-order chi connectivity index (χ1) is 12.8. The van der Waals surface area contributed by atoms with Gasteiger partial charge in [-0.1, -0.05) is 30.3 Å². The van der Waals surface area contributed by atoms with Gasteiger partial charge in [0.2, 0.25) is 0 Å². The largest absolute Gasteiger partial charge is 0.375 e. The summed E-state index contributed by atoms with van der Waals surface area (Å²) in [5.74, 6) is 0.644. The Morgan fingerprint density at radius 1 is 0.692 bits per heavy atom. The van der Waals surface area contributed by atoms with Gasteiger partial charge in [-0.05, 0) is 36.4 Å². The lowest BCUT2D eigenvalue weighted by Gasteiger charge is -2.18. The molecule has 0 atom stereocenters. The van der Waals surface area contributed by atoms with Crippen LogP contribution in [0, 0.1) is 0 Å². The van der Waals surface area contributed by atoms with Gasteiger partial charge in [0, 0.05) is 24.5 Å². The molecule has 0 aliphatic carbocycles. The molecule has 0 aliphatic rings. The van der Waals surface area contributed by atoms with E-state index < -0.39 is 0 Å². The quantitative estimate of drug-likeness (QED) is 0.566. The van der Waals surface area contributed by atoms with E-state index in [0.717, 1.165) is 0 Å². The Kier molecular flexibility index (Phi) is 4.26. The molecule has 0 bridgehead atoms. The summed E-state index contributed by atoms with van der Waals surface area (Å²) in [5.41, 5.74) is 2.25. The smallest absolute Gasteiger partial charge is 0.183 e. The van der Waals surface area contributed by atoms with Crippen molar-refractivity contribution >= 4 is 0 Å². The molecule has 0 amide bonds. The van der Waals surface area contributed by atoms with Crippen molar-refractivity contribution < 1.29 is 4.84 Å². The summed E-state index contributed by atoms with van der Waals surface area (Å²) < 4.78 is 1.60. The molecule has 0 unspecified atom stereocenters. The molecule has 5 heteroatoms. The first kappa shape index (κ1) is 15.8. The number of benzene rings is 1. The highest BCUT2D eigenvalue weighted by molar-refractivity contribution is 5.62. The maximum absolute atomic E-state index is 12.3. The third kappa shape index (κ3) is 3.23. The number of para-hydroxylation sites is 1. The highest BCUT2D eigenvalue weighted by Crippen LogP contribution is 2.24. The Bertz CT molecular complexity index is 999. The molecule has 3 heterocycles. The standard InChI is InChI=1S/C21H15N3O2/c25-16-14-20(18-10-4-6-12-22-18)24(26-17-8-2-1-3-9-17)21(15-16)19-11-5-7-13-23-19/h1-15H. The van der Waals surface area contributed by atoms with E-state index in [4.69, 9.17) is 4.84 Å². The lowest BCUT2D eigenvalue weighted by Crippen LogP contribution is -2.17. The van der Waals surface area contributed by atoms with Gasteiger partial charge >= 0.3 is 0 Å². The van der Waals surface area contributed by atoms with Crippen LogP contribution in [0.25, 0.3) is 22.8 Å². The van der Waals surface area contributed by atoms with Crippen LogP contribution in [0.1, 0.15) is 0 Å². The minimum atomic E-state index is -0.140. The van der Waals surface area contributed by atoms with E-state index in [1.165, 1.54) is 12.1 Å². The Balaban J connectivity index is 1.96. The second kappa shape index (κ2) is 7.03. The molecule has 1 aromatic carbocycles. The van der Waals surface area contributed by atoms with E-state index >= 15 is 0 Å². The van der Waals surface area contributed by atoms with Crippen LogP contribution in [-0.4, -0.2) is 14.7 Å². The number of pyridine rings is 3. The molecule has 0 fully saturated rings. The zero-order chi connectivity index (χ0) is 17.8. The molecule has 3 aromatic heterocycles. The summed E-state index contributed by atoms with van der Waals surface area (Å²) in [4.78, 5) is 27.2. The van der Waals surface area contributed by atoms with Gasteiger partial charge in [-0.2, -0.15) is 4.73 Å². The van der Waals surface area contributed by atoms with Crippen molar-refractivity contribution in [1.82, 2.24) is 14.7 Å². The van der Waals surface area contributed by atoms with Crippen molar-refractivity contribution in [3.8, 4) is 28.5 Å². The number of hydrogen-bond acceptors (Lipinski definition) is 4. The Labute approximate surface area is 150 Å². The molecule has 126 valence electrons. The van der Waals surface area contributed by atoms with Crippen molar-refractivity contribution in [3.05, 3.63) is 101 Å². The summed E-state index contributed by atoms with van der Waals surface area (Å²) in [6, 6.07) is 23.5. The first-order valence-corrected chi connectivity index (χ1v) is 8.14. The second-order valence-electron chi connectivity index (χ2n) is 5.59. The van der Waals surface area contributed by atoms with Crippen molar-refractivity contribution in [2.24, 2.45) is 0 Å². The summed E-state index contributed by atoms with van der Waals surface area (Å²) in [6.07, 6.45) is 3.36. The van der Waals surface area contributed by atoms with Gasteiger partial charge in [0.05, 0.1) is 11.4 Å². The van der Waals surface area contributed by atoms with Crippen LogP contribution >= 0.6 is 0 Å². The predicted octanol–water partition coefficient (Wildman–Crippen LogP) is 3.81. The lowest BCUT2D eigenvalue weighted by molar-refractivity contribution is 0.222. The highest BCUT2D eigenvalue weighted by Gasteiger charge is 2.15. The maximum atomic E-state index is 12.3.